The van der Waals surface area contributed by atoms with Crippen LogP contribution in [0.5, 0.6) is 0 Å². The van der Waals surface area contributed by atoms with Gasteiger partial charge >= 0.3 is 11.9 Å². The van der Waals surface area contributed by atoms with E-state index in [1.165, 1.54) is 13.8 Å². The standard InChI is InChI=1S/C34H52O6/c1-21(36)38-19-23(9-12-29-34(8,20-35)40-29)24-13-17-33(7)26-10-11-27-30(3,4)28(39-22(2)37)15-16-31(27,5)25(26)14-18-32(24,33)6/h10,14,23-24,27-29,35H,9,11-13,15-20H2,1-8H3. The molecule has 1 saturated heterocycles. The first-order chi connectivity index (χ1) is 18.6. The molecule has 0 bridgehead atoms. The normalized spacial score (nSPS) is 43.8. The number of aliphatic hydroxyl groups is 1. The van der Waals surface area contributed by atoms with Crippen LogP contribution in [0.2, 0.25) is 0 Å². The second kappa shape index (κ2) is 9.97. The summed E-state index contributed by atoms with van der Waals surface area (Å²) in [6, 6.07) is 0. The van der Waals surface area contributed by atoms with Gasteiger partial charge in [-0.1, -0.05) is 46.8 Å². The van der Waals surface area contributed by atoms with Crippen molar-refractivity contribution in [1.82, 2.24) is 0 Å². The lowest BCUT2D eigenvalue weighted by atomic mass is 9.44. The zero-order chi connectivity index (χ0) is 29.3. The van der Waals surface area contributed by atoms with Crippen molar-refractivity contribution in [2.45, 2.75) is 125 Å². The highest BCUT2D eigenvalue weighted by molar-refractivity contribution is 5.66. The Kier molecular flexibility index (Phi) is 7.43. The molecule has 4 aliphatic carbocycles. The predicted octanol–water partition coefficient (Wildman–Crippen LogP) is 6.55. The Morgan fingerprint density at radius 1 is 1.02 bits per heavy atom. The molecule has 2 saturated carbocycles. The first-order valence-electron chi connectivity index (χ1n) is 15.6. The van der Waals surface area contributed by atoms with Crippen LogP contribution in [0.4, 0.5) is 0 Å². The number of esters is 2. The fourth-order valence-corrected chi connectivity index (χ4v) is 9.97. The van der Waals surface area contributed by atoms with E-state index in [1.54, 1.807) is 11.1 Å². The van der Waals surface area contributed by atoms with Crippen molar-refractivity contribution in [2.75, 3.05) is 13.2 Å². The molecule has 1 N–H and O–H groups in total. The summed E-state index contributed by atoms with van der Waals surface area (Å²) in [5.74, 6) is 0.739. The topological polar surface area (TPSA) is 85.4 Å². The zero-order valence-corrected chi connectivity index (χ0v) is 26.1. The number of aliphatic hydroxyl groups excluding tert-OH is 1. The largest absolute Gasteiger partial charge is 0.466 e. The molecule has 40 heavy (non-hydrogen) atoms. The molecule has 5 aliphatic rings. The second-order valence-electron chi connectivity index (χ2n) is 15.2. The Hall–Kier alpha value is -1.66. The molecule has 6 nitrogen and oxygen atoms in total. The van der Waals surface area contributed by atoms with E-state index < -0.39 is 5.60 Å². The summed E-state index contributed by atoms with van der Waals surface area (Å²) >= 11 is 0. The number of allylic oxidation sites excluding steroid dienone is 4. The monoisotopic (exact) mass is 556 g/mol. The second-order valence-corrected chi connectivity index (χ2v) is 15.2. The summed E-state index contributed by atoms with van der Waals surface area (Å²) in [5.41, 5.74) is 2.80. The van der Waals surface area contributed by atoms with Crippen LogP contribution in [0.1, 0.15) is 107 Å². The van der Waals surface area contributed by atoms with Crippen LogP contribution in [-0.4, -0.2) is 48.1 Å². The van der Waals surface area contributed by atoms with Crippen molar-refractivity contribution in [3.8, 4) is 0 Å². The zero-order valence-electron chi connectivity index (χ0n) is 26.1. The van der Waals surface area contributed by atoms with E-state index in [-0.39, 0.29) is 58.3 Å². The van der Waals surface area contributed by atoms with Gasteiger partial charge in [0, 0.05) is 19.3 Å². The maximum absolute atomic E-state index is 11.9. The molecule has 6 heteroatoms. The van der Waals surface area contributed by atoms with Gasteiger partial charge < -0.3 is 19.3 Å². The van der Waals surface area contributed by atoms with Gasteiger partial charge in [-0.2, -0.15) is 0 Å². The van der Waals surface area contributed by atoms with Crippen molar-refractivity contribution >= 4 is 11.9 Å². The van der Waals surface area contributed by atoms with E-state index in [0.717, 1.165) is 51.4 Å². The lowest BCUT2D eigenvalue weighted by Gasteiger charge is -2.61. The summed E-state index contributed by atoms with van der Waals surface area (Å²) in [6.07, 6.45) is 13.2. The average Bonchev–Trinajstić information content (AvgIpc) is 3.45. The minimum Gasteiger partial charge on any atom is -0.466 e. The number of hydrogen-bond donors (Lipinski definition) is 1. The van der Waals surface area contributed by atoms with Gasteiger partial charge in [0.15, 0.2) is 0 Å². The van der Waals surface area contributed by atoms with Gasteiger partial charge in [-0.05, 0) is 103 Å². The molecule has 5 rings (SSSR count). The number of fused-ring (bicyclic) bond motifs is 5. The van der Waals surface area contributed by atoms with Crippen LogP contribution >= 0.6 is 0 Å². The number of epoxide rings is 1. The van der Waals surface area contributed by atoms with E-state index in [2.05, 4.69) is 46.8 Å². The number of rotatable bonds is 8. The fraction of sp³-hybridized carbons (Fsp3) is 0.824. The molecule has 9 atom stereocenters. The Balaban J connectivity index is 1.42. The van der Waals surface area contributed by atoms with E-state index in [1.807, 2.05) is 6.92 Å². The Morgan fingerprint density at radius 3 is 2.38 bits per heavy atom. The molecule has 0 aromatic rings. The minimum atomic E-state index is -0.413. The summed E-state index contributed by atoms with van der Waals surface area (Å²) < 4.78 is 17.3. The summed E-state index contributed by atoms with van der Waals surface area (Å²) in [5, 5.41) is 9.69. The van der Waals surface area contributed by atoms with Crippen LogP contribution in [-0.2, 0) is 23.8 Å². The summed E-state index contributed by atoms with van der Waals surface area (Å²) in [6.45, 7) is 17.6. The lowest BCUT2D eigenvalue weighted by molar-refractivity contribution is -0.165. The quantitative estimate of drug-likeness (QED) is 0.269. The molecule has 0 radical (unpaired) electrons. The Bertz CT molecular complexity index is 1110. The van der Waals surface area contributed by atoms with Crippen LogP contribution < -0.4 is 0 Å². The number of hydrogen-bond acceptors (Lipinski definition) is 6. The van der Waals surface area contributed by atoms with Gasteiger partial charge in [-0.3, -0.25) is 9.59 Å². The first kappa shape index (κ1) is 29.8. The van der Waals surface area contributed by atoms with E-state index >= 15 is 0 Å². The predicted molar refractivity (Wildman–Crippen MR) is 154 cm³/mol. The van der Waals surface area contributed by atoms with Crippen LogP contribution in [0, 0.1) is 39.4 Å². The molecular formula is C34H52O6. The number of ether oxygens (including phenoxy) is 3. The van der Waals surface area contributed by atoms with Gasteiger partial charge in [0.2, 0.25) is 0 Å². The van der Waals surface area contributed by atoms with Crippen LogP contribution in [0.3, 0.4) is 0 Å². The van der Waals surface area contributed by atoms with Crippen molar-refractivity contribution in [1.29, 1.82) is 0 Å². The molecule has 0 aromatic heterocycles. The van der Waals surface area contributed by atoms with E-state index in [9.17, 15) is 14.7 Å². The summed E-state index contributed by atoms with van der Waals surface area (Å²) in [4.78, 5) is 23.7. The first-order valence-corrected chi connectivity index (χ1v) is 15.6. The van der Waals surface area contributed by atoms with Crippen molar-refractivity contribution in [2.24, 2.45) is 39.4 Å². The molecule has 1 aliphatic heterocycles. The average molecular weight is 557 g/mol. The van der Waals surface area contributed by atoms with Crippen LogP contribution in [0.15, 0.2) is 23.3 Å². The third-order valence-electron chi connectivity index (χ3n) is 12.8. The van der Waals surface area contributed by atoms with Crippen molar-refractivity contribution in [3.63, 3.8) is 0 Å². The highest BCUT2D eigenvalue weighted by Gasteiger charge is 2.64. The highest BCUT2D eigenvalue weighted by Crippen LogP contribution is 2.72. The Labute approximate surface area is 241 Å². The molecule has 1 heterocycles. The van der Waals surface area contributed by atoms with Crippen LogP contribution in [0.25, 0.3) is 0 Å². The molecule has 224 valence electrons. The molecule has 9 unspecified atom stereocenters. The fourth-order valence-electron chi connectivity index (χ4n) is 9.97. The highest BCUT2D eigenvalue weighted by atomic mass is 16.6. The van der Waals surface area contributed by atoms with E-state index in [0.29, 0.717) is 18.4 Å². The lowest BCUT2D eigenvalue weighted by Crippen LogP contribution is -2.55. The third-order valence-corrected chi connectivity index (χ3v) is 12.8. The van der Waals surface area contributed by atoms with E-state index in [4.69, 9.17) is 14.2 Å². The maximum atomic E-state index is 11.9. The molecule has 0 spiro atoms. The van der Waals surface area contributed by atoms with Gasteiger partial charge in [0.05, 0.1) is 19.3 Å². The third kappa shape index (κ3) is 4.51. The van der Waals surface area contributed by atoms with Gasteiger partial charge in [0.1, 0.15) is 11.7 Å². The maximum Gasteiger partial charge on any atom is 0.302 e. The number of carbonyl (C=O) groups is 2. The van der Waals surface area contributed by atoms with Gasteiger partial charge in [0.25, 0.3) is 0 Å². The molecule has 0 amide bonds. The SMILES string of the molecule is CC(=O)OCC(CCC1OC1(C)CO)C1CCC2(C)C3=CCC4C(C)(CCC(OC(C)=O)C4(C)C)C3=CCC12C. The van der Waals surface area contributed by atoms with Gasteiger partial charge in [-0.25, -0.2) is 0 Å². The molecule has 3 fully saturated rings. The van der Waals surface area contributed by atoms with Crippen molar-refractivity contribution in [3.05, 3.63) is 23.3 Å². The van der Waals surface area contributed by atoms with Gasteiger partial charge in [-0.15, -0.1) is 0 Å². The number of carbonyl (C=O) groups excluding carboxylic acids is 2. The van der Waals surface area contributed by atoms with Crippen molar-refractivity contribution < 1.29 is 28.9 Å². The summed E-state index contributed by atoms with van der Waals surface area (Å²) in [7, 11) is 0. The minimum absolute atomic E-state index is 0.0379. The Morgan fingerprint density at radius 2 is 1.75 bits per heavy atom. The molecule has 0 aromatic carbocycles. The molecular weight excluding hydrogens is 504 g/mol. The smallest absolute Gasteiger partial charge is 0.302 e.